The Morgan fingerprint density at radius 1 is 1.03 bits per heavy atom. The van der Waals surface area contributed by atoms with E-state index in [0.29, 0.717) is 22.9 Å². The van der Waals surface area contributed by atoms with E-state index in [1.165, 1.54) is 7.11 Å². The number of methoxy groups -OCH3 is 1. The molecule has 0 bridgehead atoms. The van der Waals surface area contributed by atoms with E-state index in [-0.39, 0.29) is 6.54 Å². The largest absolute Gasteiger partial charge is 0.496 e. The van der Waals surface area contributed by atoms with E-state index in [4.69, 9.17) is 9.47 Å². The van der Waals surface area contributed by atoms with Gasteiger partial charge in [-0.15, -0.1) is 0 Å². The molecule has 2 N–H and O–H groups in total. The van der Waals surface area contributed by atoms with E-state index < -0.39 is 24.4 Å². The molecule has 0 aliphatic carbocycles. The van der Waals surface area contributed by atoms with Gasteiger partial charge in [-0.25, -0.2) is 0 Å². The van der Waals surface area contributed by atoms with Crippen molar-refractivity contribution in [2.45, 2.75) is 26.2 Å². The SMILES string of the molecule is CC[C@H](C)c1ccccc1NC(=O)COC(=O)CNC(=O)c1ccccc1OC. The second-order valence-electron chi connectivity index (χ2n) is 6.49. The summed E-state index contributed by atoms with van der Waals surface area (Å²) in [7, 11) is 1.46. The molecule has 2 aromatic rings. The number of hydrogen-bond acceptors (Lipinski definition) is 5. The van der Waals surface area contributed by atoms with Gasteiger partial charge in [-0.05, 0) is 36.1 Å². The van der Waals surface area contributed by atoms with Crippen molar-refractivity contribution in [2.24, 2.45) is 0 Å². The number of carbonyl (C=O) groups is 3. The minimum atomic E-state index is -0.710. The highest BCUT2D eigenvalue weighted by Gasteiger charge is 2.15. The molecule has 1 atom stereocenters. The van der Waals surface area contributed by atoms with Gasteiger partial charge in [0.05, 0.1) is 12.7 Å². The molecule has 2 rings (SSSR count). The molecule has 0 fully saturated rings. The van der Waals surface area contributed by atoms with Crippen LogP contribution in [0.5, 0.6) is 5.75 Å². The number of anilines is 1. The lowest BCUT2D eigenvalue weighted by atomic mass is 9.97. The Morgan fingerprint density at radius 3 is 2.45 bits per heavy atom. The Labute approximate surface area is 170 Å². The minimum Gasteiger partial charge on any atom is -0.496 e. The standard InChI is InChI=1S/C22H26N2O5/c1-4-15(2)16-9-5-7-11-18(16)24-20(25)14-29-21(26)13-23-22(27)17-10-6-8-12-19(17)28-3/h5-12,15H,4,13-14H2,1-3H3,(H,23,27)(H,24,25)/t15-/m0/s1. The Kier molecular flexibility index (Phi) is 8.21. The zero-order chi connectivity index (χ0) is 21.2. The molecule has 7 nitrogen and oxygen atoms in total. The quantitative estimate of drug-likeness (QED) is 0.633. The molecular weight excluding hydrogens is 372 g/mol. The van der Waals surface area contributed by atoms with Crippen LogP contribution in [0.15, 0.2) is 48.5 Å². The smallest absolute Gasteiger partial charge is 0.325 e. The first kappa shape index (κ1) is 21.9. The maximum atomic E-state index is 12.2. The zero-order valence-electron chi connectivity index (χ0n) is 16.9. The number of benzene rings is 2. The summed E-state index contributed by atoms with van der Waals surface area (Å²) in [6, 6.07) is 14.2. The van der Waals surface area contributed by atoms with Crippen LogP contribution in [0.4, 0.5) is 5.69 Å². The first-order valence-corrected chi connectivity index (χ1v) is 9.41. The number of esters is 1. The molecule has 29 heavy (non-hydrogen) atoms. The number of para-hydroxylation sites is 2. The van der Waals surface area contributed by atoms with E-state index in [1.54, 1.807) is 24.3 Å². The van der Waals surface area contributed by atoms with Crippen molar-refractivity contribution in [1.82, 2.24) is 5.32 Å². The highest BCUT2D eigenvalue weighted by Crippen LogP contribution is 2.26. The van der Waals surface area contributed by atoms with Gasteiger partial charge in [0.25, 0.3) is 11.8 Å². The number of ether oxygens (including phenoxy) is 2. The summed E-state index contributed by atoms with van der Waals surface area (Å²) in [5.74, 6) is -0.924. The third-order valence-electron chi connectivity index (χ3n) is 4.49. The lowest BCUT2D eigenvalue weighted by Crippen LogP contribution is -2.32. The van der Waals surface area contributed by atoms with Crippen LogP contribution in [0, 0.1) is 0 Å². The summed E-state index contributed by atoms with van der Waals surface area (Å²) in [6.45, 7) is 3.37. The summed E-state index contributed by atoms with van der Waals surface area (Å²) in [5.41, 5.74) is 2.04. The molecule has 0 unspecified atom stereocenters. The van der Waals surface area contributed by atoms with Crippen LogP contribution >= 0.6 is 0 Å². The Morgan fingerprint density at radius 2 is 1.72 bits per heavy atom. The Bertz CT molecular complexity index is 866. The van der Waals surface area contributed by atoms with Gasteiger partial charge in [-0.2, -0.15) is 0 Å². The molecule has 2 aromatic carbocycles. The van der Waals surface area contributed by atoms with Crippen LogP contribution in [-0.2, 0) is 14.3 Å². The first-order chi connectivity index (χ1) is 14.0. The molecule has 0 aliphatic rings. The first-order valence-electron chi connectivity index (χ1n) is 9.41. The summed E-state index contributed by atoms with van der Waals surface area (Å²) < 4.78 is 10.1. The molecule has 0 heterocycles. The third-order valence-corrected chi connectivity index (χ3v) is 4.49. The van der Waals surface area contributed by atoms with Gasteiger partial charge in [0.15, 0.2) is 6.61 Å². The van der Waals surface area contributed by atoms with Crippen LogP contribution in [0.3, 0.4) is 0 Å². The molecule has 0 aliphatic heterocycles. The van der Waals surface area contributed by atoms with Crippen molar-refractivity contribution in [3.8, 4) is 5.75 Å². The van der Waals surface area contributed by atoms with Crippen LogP contribution in [0.2, 0.25) is 0 Å². The Hall–Kier alpha value is -3.35. The average Bonchev–Trinajstić information content (AvgIpc) is 2.75. The molecule has 0 spiro atoms. The van der Waals surface area contributed by atoms with E-state index in [2.05, 4.69) is 24.5 Å². The lowest BCUT2D eigenvalue weighted by molar-refractivity contribution is -0.146. The van der Waals surface area contributed by atoms with Gasteiger partial charge >= 0.3 is 5.97 Å². The number of hydrogen-bond donors (Lipinski definition) is 2. The normalized spacial score (nSPS) is 11.3. The molecule has 2 amide bonds. The van der Waals surface area contributed by atoms with Crippen LogP contribution in [0.25, 0.3) is 0 Å². The monoisotopic (exact) mass is 398 g/mol. The van der Waals surface area contributed by atoms with Crippen LogP contribution in [-0.4, -0.2) is 38.0 Å². The number of carbonyl (C=O) groups excluding carboxylic acids is 3. The predicted molar refractivity (Wildman–Crippen MR) is 110 cm³/mol. The van der Waals surface area contributed by atoms with Gasteiger partial charge in [-0.1, -0.05) is 44.2 Å². The predicted octanol–water partition coefficient (Wildman–Crippen LogP) is 3.12. The molecule has 0 saturated carbocycles. The van der Waals surface area contributed by atoms with E-state index >= 15 is 0 Å². The molecule has 0 saturated heterocycles. The Balaban J connectivity index is 1.82. The highest BCUT2D eigenvalue weighted by molar-refractivity contribution is 5.98. The number of nitrogens with one attached hydrogen (secondary N) is 2. The second kappa shape index (κ2) is 10.8. The van der Waals surface area contributed by atoms with Crippen molar-refractivity contribution in [3.63, 3.8) is 0 Å². The zero-order valence-corrected chi connectivity index (χ0v) is 16.9. The number of rotatable bonds is 9. The topological polar surface area (TPSA) is 93.7 Å². The van der Waals surface area contributed by atoms with E-state index in [1.807, 2.05) is 24.3 Å². The fourth-order valence-electron chi connectivity index (χ4n) is 2.72. The fourth-order valence-corrected chi connectivity index (χ4v) is 2.72. The van der Waals surface area contributed by atoms with Crippen LogP contribution < -0.4 is 15.4 Å². The fraction of sp³-hybridized carbons (Fsp3) is 0.318. The van der Waals surface area contributed by atoms with E-state index in [0.717, 1.165) is 12.0 Å². The molecule has 7 heteroatoms. The van der Waals surface area contributed by atoms with Crippen molar-refractivity contribution in [1.29, 1.82) is 0 Å². The average molecular weight is 398 g/mol. The summed E-state index contributed by atoms with van der Waals surface area (Å²) >= 11 is 0. The van der Waals surface area contributed by atoms with Gasteiger partial charge in [0.1, 0.15) is 12.3 Å². The van der Waals surface area contributed by atoms with E-state index in [9.17, 15) is 14.4 Å². The van der Waals surface area contributed by atoms with Crippen molar-refractivity contribution in [2.75, 3.05) is 25.6 Å². The lowest BCUT2D eigenvalue weighted by Gasteiger charge is -2.15. The van der Waals surface area contributed by atoms with Crippen molar-refractivity contribution in [3.05, 3.63) is 59.7 Å². The highest BCUT2D eigenvalue weighted by atomic mass is 16.5. The maximum Gasteiger partial charge on any atom is 0.325 e. The summed E-state index contributed by atoms with van der Waals surface area (Å²) in [4.78, 5) is 36.2. The summed E-state index contributed by atoms with van der Waals surface area (Å²) in [5, 5.41) is 5.22. The van der Waals surface area contributed by atoms with Gasteiger partial charge in [0, 0.05) is 5.69 Å². The minimum absolute atomic E-state index is 0.291. The van der Waals surface area contributed by atoms with Gasteiger partial charge in [0.2, 0.25) is 0 Å². The maximum absolute atomic E-state index is 12.2. The van der Waals surface area contributed by atoms with Crippen molar-refractivity contribution < 1.29 is 23.9 Å². The number of amides is 2. The molecular formula is C22H26N2O5. The third kappa shape index (κ3) is 6.34. The summed E-state index contributed by atoms with van der Waals surface area (Å²) in [6.07, 6.45) is 0.938. The van der Waals surface area contributed by atoms with Crippen molar-refractivity contribution >= 4 is 23.5 Å². The van der Waals surface area contributed by atoms with Crippen LogP contribution in [0.1, 0.15) is 42.1 Å². The van der Waals surface area contributed by atoms with Gasteiger partial charge < -0.3 is 20.1 Å². The van der Waals surface area contributed by atoms with Gasteiger partial charge in [-0.3, -0.25) is 14.4 Å². The molecule has 0 aromatic heterocycles. The second-order valence-corrected chi connectivity index (χ2v) is 6.49. The molecule has 154 valence electrons. The molecule has 0 radical (unpaired) electrons.